The van der Waals surface area contributed by atoms with Crippen molar-refractivity contribution in [2.45, 2.75) is 39.5 Å². The van der Waals surface area contributed by atoms with Gasteiger partial charge in [0.05, 0.1) is 10.7 Å². The summed E-state index contributed by atoms with van der Waals surface area (Å²) in [6, 6.07) is 7.95. The standard InChI is InChI=1S/C18H27N3S/c1-4-6-10-21(5-2)12-14(3)18-20-17(13-22-18)15-8-7-9-16(19)11-15/h7-9,11,13-14H,4-6,10,12,19H2,1-3H3. The van der Waals surface area contributed by atoms with Crippen LogP contribution in [0.15, 0.2) is 29.6 Å². The van der Waals surface area contributed by atoms with Gasteiger partial charge >= 0.3 is 0 Å². The van der Waals surface area contributed by atoms with Crippen molar-refractivity contribution in [3.05, 3.63) is 34.7 Å². The number of thiazole rings is 1. The van der Waals surface area contributed by atoms with E-state index in [1.54, 1.807) is 11.3 Å². The maximum atomic E-state index is 5.86. The van der Waals surface area contributed by atoms with Gasteiger partial charge in [-0.1, -0.05) is 39.3 Å². The number of anilines is 1. The molecule has 1 heterocycles. The summed E-state index contributed by atoms with van der Waals surface area (Å²) in [5.74, 6) is 0.469. The highest BCUT2D eigenvalue weighted by Crippen LogP contribution is 2.27. The minimum atomic E-state index is 0.469. The molecular formula is C18H27N3S. The van der Waals surface area contributed by atoms with Crippen LogP contribution in [-0.4, -0.2) is 29.5 Å². The maximum absolute atomic E-state index is 5.86. The van der Waals surface area contributed by atoms with Crippen molar-refractivity contribution in [3.8, 4) is 11.3 Å². The Hall–Kier alpha value is -1.39. The number of hydrogen-bond acceptors (Lipinski definition) is 4. The highest BCUT2D eigenvalue weighted by atomic mass is 32.1. The fourth-order valence-electron chi connectivity index (χ4n) is 2.57. The average molecular weight is 318 g/mol. The van der Waals surface area contributed by atoms with Gasteiger partial charge in [0.15, 0.2) is 0 Å². The molecule has 1 aromatic heterocycles. The van der Waals surface area contributed by atoms with Crippen molar-refractivity contribution in [1.29, 1.82) is 0 Å². The first-order chi connectivity index (χ1) is 10.6. The molecule has 3 nitrogen and oxygen atoms in total. The number of likely N-dealkylation sites (N-methyl/N-ethyl adjacent to an activating group) is 1. The molecule has 0 saturated heterocycles. The minimum absolute atomic E-state index is 0.469. The van der Waals surface area contributed by atoms with E-state index in [0.717, 1.165) is 30.0 Å². The number of nitrogens with zero attached hydrogens (tertiary/aromatic N) is 2. The molecule has 2 rings (SSSR count). The van der Waals surface area contributed by atoms with Crippen LogP contribution in [0.25, 0.3) is 11.3 Å². The monoisotopic (exact) mass is 317 g/mol. The van der Waals surface area contributed by atoms with Gasteiger partial charge in [-0.15, -0.1) is 11.3 Å². The van der Waals surface area contributed by atoms with E-state index < -0.39 is 0 Å². The van der Waals surface area contributed by atoms with Crippen LogP contribution in [0, 0.1) is 0 Å². The van der Waals surface area contributed by atoms with E-state index in [0.29, 0.717) is 5.92 Å². The third kappa shape index (κ3) is 4.55. The van der Waals surface area contributed by atoms with Gasteiger partial charge in [0.1, 0.15) is 0 Å². The molecule has 0 aliphatic carbocycles. The SMILES string of the molecule is CCCCN(CC)CC(C)c1nc(-c2cccc(N)c2)cs1. The van der Waals surface area contributed by atoms with Crippen LogP contribution < -0.4 is 5.73 Å². The average Bonchev–Trinajstić information content (AvgIpc) is 3.01. The van der Waals surface area contributed by atoms with Crippen LogP contribution >= 0.6 is 11.3 Å². The van der Waals surface area contributed by atoms with Crippen LogP contribution in [0.4, 0.5) is 5.69 Å². The van der Waals surface area contributed by atoms with E-state index in [-0.39, 0.29) is 0 Å². The van der Waals surface area contributed by atoms with Crippen molar-refractivity contribution < 1.29 is 0 Å². The van der Waals surface area contributed by atoms with E-state index in [9.17, 15) is 0 Å². The second-order valence-electron chi connectivity index (χ2n) is 5.84. The smallest absolute Gasteiger partial charge is 0.0973 e. The van der Waals surface area contributed by atoms with Crippen molar-refractivity contribution in [1.82, 2.24) is 9.88 Å². The number of rotatable bonds is 8. The molecule has 0 bridgehead atoms. The van der Waals surface area contributed by atoms with Gasteiger partial charge in [-0.05, 0) is 31.6 Å². The summed E-state index contributed by atoms with van der Waals surface area (Å²) in [7, 11) is 0. The van der Waals surface area contributed by atoms with Gasteiger partial charge < -0.3 is 10.6 Å². The number of aromatic nitrogens is 1. The molecule has 22 heavy (non-hydrogen) atoms. The molecule has 2 N–H and O–H groups in total. The Kier molecular flexibility index (Phi) is 6.40. The lowest BCUT2D eigenvalue weighted by molar-refractivity contribution is 0.270. The molecule has 0 aliphatic rings. The third-order valence-corrected chi connectivity index (χ3v) is 5.01. The van der Waals surface area contributed by atoms with Crippen LogP contribution in [0.2, 0.25) is 0 Å². The summed E-state index contributed by atoms with van der Waals surface area (Å²) >= 11 is 1.76. The van der Waals surface area contributed by atoms with Crippen molar-refractivity contribution in [3.63, 3.8) is 0 Å². The lowest BCUT2D eigenvalue weighted by Gasteiger charge is -2.23. The number of nitrogen functional groups attached to an aromatic ring is 1. The largest absolute Gasteiger partial charge is 0.399 e. The first-order valence-electron chi connectivity index (χ1n) is 8.17. The number of benzene rings is 1. The van der Waals surface area contributed by atoms with Gasteiger partial charge in [-0.3, -0.25) is 0 Å². The van der Waals surface area contributed by atoms with Gasteiger partial charge in [-0.2, -0.15) is 0 Å². The molecule has 4 heteroatoms. The minimum Gasteiger partial charge on any atom is -0.399 e. The summed E-state index contributed by atoms with van der Waals surface area (Å²) in [6.07, 6.45) is 2.52. The quantitative estimate of drug-likeness (QED) is 0.722. The Bertz CT molecular complexity index is 579. The normalized spacial score (nSPS) is 12.7. The predicted molar refractivity (Wildman–Crippen MR) is 97.4 cm³/mol. The second-order valence-corrected chi connectivity index (χ2v) is 6.73. The summed E-state index contributed by atoms with van der Waals surface area (Å²) in [4.78, 5) is 7.35. The third-order valence-electron chi connectivity index (χ3n) is 3.93. The van der Waals surface area contributed by atoms with E-state index in [1.165, 1.54) is 24.4 Å². The fraction of sp³-hybridized carbons (Fsp3) is 0.500. The van der Waals surface area contributed by atoms with Crippen LogP contribution in [-0.2, 0) is 0 Å². The molecule has 0 fully saturated rings. The Balaban J connectivity index is 2.04. The highest BCUT2D eigenvalue weighted by molar-refractivity contribution is 7.10. The van der Waals surface area contributed by atoms with Crippen LogP contribution in [0.3, 0.4) is 0 Å². The molecule has 2 aromatic rings. The van der Waals surface area contributed by atoms with Crippen molar-refractivity contribution in [2.75, 3.05) is 25.4 Å². The summed E-state index contributed by atoms with van der Waals surface area (Å²) in [6.45, 7) is 10.1. The van der Waals surface area contributed by atoms with Gasteiger partial charge in [-0.25, -0.2) is 4.98 Å². The fourth-order valence-corrected chi connectivity index (χ4v) is 3.45. The van der Waals surface area contributed by atoms with Gasteiger partial charge in [0, 0.05) is 29.1 Å². The summed E-state index contributed by atoms with van der Waals surface area (Å²) < 4.78 is 0. The molecule has 0 saturated carbocycles. The number of hydrogen-bond donors (Lipinski definition) is 1. The van der Waals surface area contributed by atoms with E-state index in [4.69, 9.17) is 10.7 Å². The Morgan fingerprint density at radius 2 is 2.14 bits per heavy atom. The maximum Gasteiger partial charge on any atom is 0.0973 e. The Labute approximate surface area is 138 Å². The van der Waals surface area contributed by atoms with E-state index in [1.807, 2.05) is 18.2 Å². The predicted octanol–water partition coefficient (Wildman–Crippen LogP) is 4.62. The Morgan fingerprint density at radius 3 is 2.82 bits per heavy atom. The van der Waals surface area contributed by atoms with E-state index >= 15 is 0 Å². The van der Waals surface area contributed by atoms with Crippen LogP contribution in [0.1, 0.15) is 44.5 Å². The van der Waals surface area contributed by atoms with E-state index in [2.05, 4.69) is 37.1 Å². The molecule has 0 spiro atoms. The number of unbranched alkanes of at least 4 members (excludes halogenated alkanes) is 1. The summed E-state index contributed by atoms with van der Waals surface area (Å²) in [5.41, 5.74) is 8.79. The zero-order chi connectivity index (χ0) is 15.9. The highest BCUT2D eigenvalue weighted by Gasteiger charge is 2.14. The molecule has 0 aliphatic heterocycles. The lowest BCUT2D eigenvalue weighted by atomic mass is 10.1. The lowest BCUT2D eigenvalue weighted by Crippen LogP contribution is -2.28. The molecule has 1 aromatic carbocycles. The zero-order valence-electron chi connectivity index (χ0n) is 13.9. The molecule has 0 radical (unpaired) electrons. The van der Waals surface area contributed by atoms with Gasteiger partial charge in [0.2, 0.25) is 0 Å². The Morgan fingerprint density at radius 1 is 1.32 bits per heavy atom. The molecule has 0 amide bonds. The first kappa shape index (κ1) is 17.0. The first-order valence-corrected chi connectivity index (χ1v) is 9.05. The summed E-state index contributed by atoms with van der Waals surface area (Å²) in [5, 5.41) is 3.36. The second kappa shape index (κ2) is 8.30. The van der Waals surface area contributed by atoms with Crippen molar-refractivity contribution in [2.24, 2.45) is 0 Å². The van der Waals surface area contributed by atoms with Crippen LogP contribution in [0.5, 0.6) is 0 Å². The zero-order valence-corrected chi connectivity index (χ0v) is 14.7. The number of nitrogens with two attached hydrogens (primary N) is 1. The van der Waals surface area contributed by atoms with Gasteiger partial charge in [0.25, 0.3) is 0 Å². The topological polar surface area (TPSA) is 42.2 Å². The molecular weight excluding hydrogens is 290 g/mol. The van der Waals surface area contributed by atoms with Crippen molar-refractivity contribution >= 4 is 17.0 Å². The molecule has 1 unspecified atom stereocenters. The molecule has 120 valence electrons. The molecule has 1 atom stereocenters.